The van der Waals surface area contributed by atoms with Crippen LogP contribution in [-0.2, 0) is 4.74 Å². The van der Waals surface area contributed by atoms with Crippen LogP contribution in [-0.4, -0.2) is 13.2 Å². The summed E-state index contributed by atoms with van der Waals surface area (Å²) in [6.07, 6.45) is 0. The van der Waals surface area contributed by atoms with E-state index < -0.39 is 0 Å². The fraction of sp³-hybridized carbons (Fsp3) is 0.400. The second kappa shape index (κ2) is 6.89. The molecule has 0 radical (unpaired) electrons. The van der Waals surface area contributed by atoms with Gasteiger partial charge < -0.3 is 10.5 Å². The summed E-state index contributed by atoms with van der Waals surface area (Å²) < 4.78 is 5.22. The van der Waals surface area contributed by atoms with Gasteiger partial charge in [-0.05, 0) is 12.5 Å². The minimum absolute atomic E-state index is 0. The van der Waals surface area contributed by atoms with E-state index >= 15 is 0 Å². The Labute approximate surface area is 85.5 Å². The molecule has 0 fully saturated rings. The summed E-state index contributed by atoms with van der Waals surface area (Å²) in [7, 11) is 0. The predicted octanol–water partition coefficient (Wildman–Crippen LogP) is 2.14. The fourth-order valence-corrected chi connectivity index (χ4v) is 1.04. The van der Waals surface area contributed by atoms with Gasteiger partial charge in [-0.3, -0.25) is 0 Å². The molecule has 74 valence electrons. The third-order valence-electron chi connectivity index (χ3n) is 1.73. The first-order valence-electron chi connectivity index (χ1n) is 4.23. The Bertz CT molecular complexity index is 215. The summed E-state index contributed by atoms with van der Waals surface area (Å²) in [6, 6.07) is 10.00. The van der Waals surface area contributed by atoms with Gasteiger partial charge >= 0.3 is 0 Å². The van der Waals surface area contributed by atoms with E-state index in [1.54, 1.807) is 0 Å². The maximum absolute atomic E-state index is 5.86. The molecule has 0 saturated heterocycles. The van der Waals surface area contributed by atoms with Crippen LogP contribution in [0, 0.1) is 0 Å². The minimum Gasteiger partial charge on any atom is -0.380 e. The monoisotopic (exact) mass is 201 g/mol. The third kappa shape index (κ3) is 4.27. The van der Waals surface area contributed by atoms with Crippen LogP contribution in [0.2, 0.25) is 0 Å². The van der Waals surface area contributed by atoms with Gasteiger partial charge in [0.1, 0.15) is 0 Å². The summed E-state index contributed by atoms with van der Waals surface area (Å²) in [5.74, 6) is 0. The lowest BCUT2D eigenvalue weighted by atomic mass is 10.1. The van der Waals surface area contributed by atoms with E-state index in [2.05, 4.69) is 0 Å². The minimum atomic E-state index is 0. The first-order valence-corrected chi connectivity index (χ1v) is 4.23. The van der Waals surface area contributed by atoms with Crippen LogP contribution in [0.4, 0.5) is 0 Å². The molecule has 3 heteroatoms. The SMILES string of the molecule is CCOC[C@H](N)c1ccccc1.Cl. The van der Waals surface area contributed by atoms with Gasteiger partial charge in [-0.15, -0.1) is 12.4 Å². The van der Waals surface area contributed by atoms with Crippen molar-refractivity contribution in [2.75, 3.05) is 13.2 Å². The Balaban J connectivity index is 0.00000144. The van der Waals surface area contributed by atoms with Gasteiger partial charge in [0.25, 0.3) is 0 Å². The second-order valence-corrected chi connectivity index (χ2v) is 2.68. The molecule has 1 aromatic rings. The zero-order valence-electron chi connectivity index (χ0n) is 7.77. The highest BCUT2D eigenvalue weighted by Crippen LogP contribution is 2.08. The lowest BCUT2D eigenvalue weighted by Crippen LogP contribution is -2.16. The van der Waals surface area contributed by atoms with Gasteiger partial charge in [0.2, 0.25) is 0 Å². The topological polar surface area (TPSA) is 35.2 Å². The highest BCUT2D eigenvalue weighted by molar-refractivity contribution is 5.85. The quantitative estimate of drug-likeness (QED) is 0.810. The Hall–Kier alpha value is -0.570. The Morgan fingerprint density at radius 1 is 1.31 bits per heavy atom. The molecule has 2 N–H and O–H groups in total. The molecule has 0 saturated carbocycles. The summed E-state index contributed by atoms with van der Waals surface area (Å²) >= 11 is 0. The van der Waals surface area contributed by atoms with Crippen molar-refractivity contribution in [3.8, 4) is 0 Å². The van der Waals surface area contributed by atoms with Crippen molar-refractivity contribution in [2.45, 2.75) is 13.0 Å². The van der Waals surface area contributed by atoms with Gasteiger partial charge in [0.15, 0.2) is 0 Å². The number of benzene rings is 1. The van der Waals surface area contributed by atoms with E-state index in [4.69, 9.17) is 10.5 Å². The summed E-state index contributed by atoms with van der Waals surface area (Å²) in [4.78, 5) is 0. The number of rotatable bonds is 4. The standard InChI is InChI=1S/C10H15NO.ClH/c1-2-12-8-10(11)9-6-4-3-5-7-9;/h3-7,10H,2,8,11H2,1H3;1H/t10-;/m0./s1. The molecule has 1 atom stereocenters. The molecule has 2 nitrogen and oxygen atoms in total. The molecule has 0 heterocycles. The Kier molecular flexibility index (Phi) is 6.59. The van der Waals surface area contributed by atoms with E-state index in [1.165, 1.54) is 0 Å². The number of ether oxygens (including phenoxy) is 1. The van der Waals surface area contributed by atoms with Crippen molar-refractivity contribution in [1.82, 2.24) is 0 Å². The average Bonchev–Trinajstić information content (AvgIpc) is 2.15. The van der Waals surface area contributed by atoms with Gasteiger partial charge in [-0.2, -0.15) is 0 Å². The third-order valence-corrected chi connectivity index (χ3v) is 1.73. The number of hydrogen-bond donors (Lipinski definition) is 1. The van der Waals surface area contributed by atoms with Gasteiger partial charge in [0, 0.05) is 6.61 Å². The Morgan fingerprint density at radius 2 is 1.92 bits per heavy atom. The Morgan fingerprint density at radius 3 is 2.46 bits per heavy atom. The zero-order valence-corrected chi connectivity index (χ0v) is 8.59. The molecule has 1 aromatic carbocycles. The molecule has 0 aromatic heterocycles. The first kappa shape index (κ1) is 12.4. The molecule has 0 aliphatic heterocycles. The lowest BCUT2D eigenvalue weighted by Gasteiger charge is -2.10. The van der Waals surface area contributed by atoms with Crippen LogP contribution in [0.3, 0.4) is 0 Å². The molecule has 0 aliphatic carbocycles. The van der Waals surface area contributed by atoms with Crippen LogP contribution >= 0.6 is 12.4 Å². The highest BCUT2D eigenvalue weighted by Gasteiger charge is 2.03. The van der Waals surface area contributed by atoms with Gasteiger partial charge in [-0.1, -0.05) is 30.3 Å². The molecule has 1 rings (SSSR count). The van der Waals surface area contributed by atoms with Crippen molar-refractivity contribution >= 4 is 12.4 Å². The average molecular weight is 202 g/mol. The first-order chi connectivity index (χ1) is 5.84. The van der Waals surface area contributed by atoms with Crippen molar-refractivity contribution in [3.05, 3.63) is 35.9 Å². The largest absolute Gasteiger partial charge is 0.380 e. The molecular formula is C10H16ClNO. The molecule has 0 amide bonds. The van der Waals surface area contributed by atoms with Crippen molar-refractivity contribution in [2.24, 2.45) is 5.73 Å². The summed E-state index contributed by atoms with van der Waals surface area (Å²) in [5.41, 5.74) is 6.99. The van der Waals surface area contributed by atoms with Crippen LogP contribution < -0.4 is 5.73 Å². The lowest BCUT2D eigenvalue weighted by molar-refractivity contribution is 0.133. The zero-order chi connectivity index (χ0) is 8.81. The number of halogens is 1. The van der Waals surface area contributed by atoms with E-state index in [-0.39, 0.29) is 18.4 Å². The van der Waals surface area contributed by atoms with Gasteiger partial charge in [-0.25, -0.2) is 0 Å². The predicted molar refractivity (Wildman–Crippen MR) is 57.1 cm³/mol. The van der Waals surface area contributed by atoms with Crippen LogP contribution in [0.15, 0.2) is 30.3 Å². The van der Waals surface area contributed by atoms with E-state index in [0.29, 0.717) is 6.61 Å². The molecule has 0 bridgehead atoms. The van der Waals surface area contributed by atoms with E-state index in [1.807, 2.05) is 37.3 Å². The maximum Gasteiger partial charge on any atom is 0.0659 e. The molecule has 0 spiro atoms. The number of hydrogen-bond acceptors (Lipinski definition) is 2. The van der Waals surface area contributed by atoms with Crippen LogP contribution in [0.25, 0.3) is 0 Å². The smallest absolute Gasteiger partial charge is 0.0659 e. The second-order valence-electron chi connectivity index (χ2n) is 2.68. The fourth-order valence-electron chi connectivity index (χ4n) is 1.04. The van der Waals surface area contributed by atoms with Crippen molar-refractivity contribution in [1.29, 1.82) is 0 Å². The van der Waals surface area contributed by atoms with Gasteiger partial charge in [0.05, 0.1) is 12.6 Å². The molecule has 0 unspecified atom stereocenters. The van der Waals surface area contributed by atoms with Crippen LogP contribution in [0.1, 0.15) is 18.5 Å². The van der Waals surface area contributed by atoms with Crippen molar-refractivity contribution in [3.63, 3.8) is 0 Å². The van der Waals surface area contributed by atoms with Crippen molar-refractivity contribution < 1.29 is 4.74 Å². The molecule has 0 aliphatic rings. The molecular weight excluding hydrogens is 186 g/mol. The van der Waals surface area contributed by atoms with E-state index in [0.717, 1.165) is 12.2 Å². The molecule has 13 heavy (non-hydrogen) atoms. The summed E-state index contributed by atoms with van der Waals surface area (Å²) in [5, 5.41) is 0. The summed E-state index contributed by atoms with van der Waals surface area (Å²) in [6.45, 7) is 3.29. The van der Waals surface area contributed by atoms with E-state index in [9.17, 15) is 0 Å². The normalized spacial score (nSPS) is 11.8. The highest BCUT2D eigenvalue weighted by atomic mass is 35.5. The maximum atomic E-state index is 5.86. The van der Waals surface area contributed by atoms with Crippen LogP contribution in [0.5, 0.6) is 0 Å². The number of nitrogens with two attached hydrogens (primary N) is 1.